The van der Waals surface area contributed by atoms with Gasteiger partial charge in [-0.25, -0.2) is 4.79 Å². The number of rotatable bonds is 3. The first-order chi connectivity index (χ1) is 11.6. The van der Waals surface area contributed by atoms with Crippen LogP contribution in [0.25, 0.3) is 11.1 Å². The predicted octanol–water partition coefficient (Wildman–Crippen LogP) is 3.08. The third-order valence-electron chi connectivity index (χ3n) is 4.35. The third-order valence-corrected chi connectivity index (χ3v) is 4.35. The molecule has 3 rings (SSSR count). The van der Waals surface area contributed by atoms with Gasteiger partial charge in [-0.2, -0.15) is 0 Å². The lowest BCUT2D eigenvalue weighted by Gasteiger charge is -2.31. The molecule has 3 amide bonds. The molecule has 0 aromatic heterocycles. The van der Waals surface area contributed by atoms with Gasteiger partial charge in [0, 0.05) is 18.8 Å². The summed E-state index contributed by atoms with van der Waals surface area (Å²) in [4.78, 5) is 25.3. The Morgan fingerprint density at radius 3 is 2.33 bits per heavy atom. The first-order valence-corrected chi connectivity index (χ1v) is 8.14. The lowest BCUT2D eigenvalue weighted by atomic mass is 9.98. The predicted molar refractivity (Wildman–Crippen MR) is 94.4 cm³/mol. The molecule has 0 saturated carbocycles. The number of carbonyl (C=O) groups is 2. The molecule has 1 atom stereocenters. The summed E-state index contributed by atoms with van der Waals surface area (Å²) in [6.45, 7) is 1.04. The zero-order valence-corrected chi connectivity index (χ0v) is 13.4. The lowest BCUT2D eigenvalue weighted by Crippen LogP contribution is -2.45. The second kappa shape index (κ2) is 7.17. The van der Waals surface area contributed by atoms with Gasteiger partial charge < -0.3 is 16.0 Å². The zero-order chi connectivity index (χ0) is 16.9. The molecular formula is C19H21N3O2. The van der Waals surface area contributed by atoms with Crippen LogP contribution in [0.15, 0.2) is 54.6 Å². The average Bonchev–Trinajstić information content (AvgIpc) is 2.63. The van der Waals surface area contributed by atoms with Crippen LogP contribution in [0.5, 0.6) is 0 Å². The number of amides is 3. The summed E-state index contributed by atoms with van der Waals surface area (Å²) < 4.78 is 0. The first-order valence-electron chi connectivity index (χ1n) is 8.14. The van der Waals surface area contributed by atoms with E-state index in [0.29, 0.717) is 13.1 Å². The number of anilines is 1. The quantitative estimate of drug-likeness (QED) is 0.911. The lowest BCUT2D eigenvalue weighted by molar-refractivity contribution is -0.123. The van der Waals surface area contributed by atoms with Gasteiger partial charge in [-0.1, -0.05) is 42.5 Å². The Balaban J connectivity index is 1.63. The Bertz CT molecular complexity index is 713. The largest absolute Gasteiger partial charge is 0.369 e. The number of carbonyl (C=O) groups excluding carboxylic acids is 2. The molecule has 2 aromatic rings. The molecule has 1 heterocycles. The molecular weight excluding hydrogens is 302 g/mol. The minimum Gasteiger partial charge on any atom is -0.369 e. The average molecular weight is 323 g/mol. The number of urea groups is 1. The molecule has 1 fully saturated rings. The maximum absolute atomic E-state index is 12.4. The van der Waals surface area contributed by atoms with Crippen molar-refractivity contribution in [2.75, 3.05) is 18.4 Å². The van der Waals surface area contributed by atoms with E-state index in [4.69, 9.17) is 5.73 Å². The number of nitrogens with two attached hydrogens (primary N) is 1. The van der Waals surface area contributed by atoms with Gasteiger partial charge in [0.2, 0.25) is 5.91 Å². The van der Waals surface area contributed by atoms with E-state index in [1.54, 1.807) is 4.90 Å². The SMILES string of the molecule is NC(=O)C1CCCN(C(=O)Nc2ccc(-c3ccccc3)cc2)C1. The highest BCUT2D eigenvalue weighted by Crippen LogP contribution is 2.22. The van der Waals surface area contributed by atoms with Crippen LogP contribution in [0.3, 0.4) is 0 Å². The van der Waals surface area contributed by atoms with E-state index in [9.17, 15) is 9.59 Å². The van der Waals surface area contributed by atoms with E-state index >= 15 is 0 Å². The first kappa shape index (κ1) is 16.1. The van der Waals surface area contributed by atoms with Crippen LogP contribution in [-0.4, -0.2) is 29.9 Å². The van der Waals surface area contributed by atoms with Crippen LogP contribution in [0, 0.1) is 5.92 Å². The van der Waals surface area contributed by atoms with E-state index in [1.165, 1.54) is 0 Å². The molecule has 1 saturated heterocycles. The summed E-state index contributed by atoms with van der Waals surface area (Å²) in [5, 5.41) is 2.88. The highest BCUT2D eigenvalue weighted by Gasteiger charge is 2.26. The van der Waals surface area contributed by atoms with Crippen molar-refractivity contribution >= 4 is 17.6 Å². The number of nitrogens with zero attached hydrogens (tertiary/aromatic N) is 1. The maximum Gasteiger partial charge on any atom is 0.321 e. The zero-order valence-electron chi connectivity index (χ0n) is 13.4. The molecule has 1 aliphatic rings. The van der Waals surface area contributed by atoms with E-state index in [-0.39, 0.29) is 17.9 Å². The van der Waals surface area contributed by atoms with Crippen molar-refractivity contribution in [3.63, 3.8) is 0 Å². The molecule has 2 aromatic carbocycles. The summed E-state index contributed by atoms with van der Waals surface area (Å²) >= 11 is 0. The summed E-state index contributed by atoms with van der Waals surface area (Å²) in [5.74, 6) is -0.579. The van der Waals surface area contributed by atoms with Crippen molar-refractivity contribution in [2.45, 2.75) is 12.8 Å². The highest BCUT2D eigenvalue weighted by molar-refractivity contribution is 5.90. The molecule has 24 heavy (non-hydrogen) atoms. The van der Waals surface area contributed by atoms with E-state index in [2.05, 4.69) is 5.32 Å². The molecule has 5 heteroatoms. The Morgan fingerprint density at radius 1 is 1.00 bits per heavy atom. The Hall–Kier alpha value is -2.82. The maximum atomic E-state index is 12.4. The standard InChI is InChI=1S/C19H21N3O2/c20-18(23)16-7-4-12-22(13-16)19(24)21-17-10-8-15(9-11-17)14-5-2-1-3-6-14/h1-3,5-6,8-11,16H,4,7,12-13H2,(H2,20,23)(H,21,24). The fraction of sp³-hybridized carbons (Fsp3) is 0.263. The van der Waals surface area contributed by atoms with Crippen LogP contribution in [0.2, 0.25) is 0 Å². The van der Waals surface area contributed by atoms with Crippen LogP contribution < -0.4 is 11.1 Å². The minimum atomic E-state index is -0.334. The molecule has 5 nitrogen and oxygen atoms in total. The van der Waals surface area contributed by atoms with Gasteiger partial charge >= 0.3 is 6.03 Å². The molecule has 0 aliphatic carbocycles. The molecule has 0 spiro atoms. The number of hydrogen-bond acceptors (Lipinski definition) is 2. The van der Waals surface area contributed by atoms with Crippen molar-refractivity contribution in [3.8, 4) is 11.1 Å². The number of primary amides is 1. The molecule has 1 unspecified atom stereocenters. The van der Waals surface area contributed by atoms with Crippen molar-refractivity contribution in [1.82, 2.24) is 4.90 Å². The normalized spacial score (nSPS) is 17.3. The number of hydrogen-bond donors (Lipinski definition) is 2. The third kappa shape index (κ3) is 3.74. The molecule has 1 aliphatic heterocycles. The van der Waals surface area contributed by atoms with Crippen molar-refractivity contribution < 1.29 is 9.59 Å². The highest BCUT2D eigenvalue weighted by atomic mass is 16.2. The van der Waals surface area contributed by atoms with Gasteiger partial charge in [-0.05, 0) is 36.1 Å². The van der Waals surface area contributed by atoms with E-state index in [0.717, 1.165) is 29.7 Å². The number of benzene rings is 2. The number of piperidine rings is 1. The van der Waals surface area contributed by atoms with Gasteiger partial charge in [-0.3, -0.25) is 4.79 Å². The molecule has 0 radical (unpaired) electrons. The number of nitrogens with one attached hydrogen (secondary N) is 1. The molecule has 124 valence electrons. The fourth-order valence-corrected chi connectivity index (χ4v) is 2.97. The van der Waals surface area contributed by atoms with Crippen LogP contribution >= 0.6 is 0 Å². The van der Waals surface area contributed by atoms with Crippen LogP contribution in [0.1, 0.15) is 12.8 Å². The Kier molecular flexibility index (Phi) is 4.79. The summed E-state index contributed by atoms with van der Waals surface area (Å²) in [7, 11) is 0. The fourth-order valence-electron chi connectivity index (χ4n) is 2.97. The van der Waals surface area contributed by atoms with Gasteiger partial charge in [-0.15, -0.1) is 0 Å². The van der Waals surface area contributed by atoms with E-state index < -0.39 is 0 Å². The number of likely N-dealkylation sites (tertiary alicyclic amines) is 1. The van der Waals surface area contributed by atoms with Crippen molar-refractivity contribution in [3.05, 3.63) is 54.6 Å². The van der Waals surface area contributed by atoms with E-state index in [1.807, 2.05) is 54.6 Å². The van der Waals surface area contributed by atoms with Crippen molar-refractivity contribution in [2.24, 2.45) is 11.7 Å². The van der Waals surface area contributed by atoms with Gasteiger partial charge in [0.05, 0.1) is 5.92 Å². The monoisotopic (exact) mass is 323 g/mol. The second-order valence-electron chi connectivity index (χ2n) is 6.06. The van der Waals surface area contributed by atoms with Gasteiger partial charge in [0.1, 0.15) is 0 Å². The summed E-state index contributed by atoms with van der Waals surface area (Å²) in [6, 6.07) is 17.6. The van der Waals surface area contributed by atoms with Crippen LogP contribution in [0.4, 0.5) is 10.5 Å². The van der Waals surface area contributed by atoms with Gasteiger partial charge in [0.15, 0.2) is 0 Å². The minimum absolute atomic E-state index is 0.187. The molecule has 3 N–H and O–H groups in total. The molecule has 0 bridgehead atoms. The van der Waals surface area contributed by atoms with Crippen LogP contribution in [-0.2, 0) is 4.79 Å². The van der Waals surface area contributed by atoms with Crippen molar-refractivity contribution in [1.29, 1.82) is 0 Å². The topological polar surface area (TPSA) is 75.4 Å². The van der Waals surface area contributed by atoms with Gasteiger partial charge in [0.25, 0.3) is 0 Å². The smallest absolute Gasteiger partial charge is 0.321 e. The second-order valence-corrected chi connectivity index (χ2v) is 6.06. The Morgan fingerprint density at radius 2 is 1.67 bits per heavy atom. The summed E-state index contributed by atoms with van der Waals surface area (Å²) in [6.07, 6.45) is 1.55. The Labute approximate surface area is 141 Å². The summed E-state index contributed by atoms with van der Waals surface area (Å²) in [5.41, 5.74) is 8.33.